The second-order valence-electron chi connectivity index (χ2n) is 4.73. The molecule has 0 amide bonds. The lowest BCUT2D eigenvalue weighted by molar-refractivity contribution is 0.0697. The van der Waals surface area contributed by atoms with E-state index in [1.165, 1.54) is 19.3 Å². The van der Waals surface area contributed by atoms with Gasteiger partial charge in [0.15, 0.2) is 0 Å². The Kier molecular flexibility index (Phi) is 4.22. The highest BCUT2D eigenvalue weighted by Crippen LogP contribution is 2.28. The van der Waals surface area contributed by atoms with Gasteiger partial charge in [0.25, 0.3) is 0 Å². The number of aromatic nitrogens is 1. The summed E-state index contributed by atoms with van der Waals surface area (Å²) in [6, 6.07) is 2.02. The van der Waals surface area contributed by atoms with Crippen LogP contribution in [0.2, 0.25) is 0 Å². The number of carbonyl (C=O) groups is 1. The van der Waals surface area contributed by atoms with Crippen molar-refractivity contribution in [2.24, 2.45) is 0 Å². The minimum absolute atomic E-state index is 0.262. The van der Waals surface area contributed by atoms with Crippen LogP contribution in [-0.4, -0.2) is 29.1 Å². The lowest BCUT2D eigenvalue weighted by Crippen LogP contribution is -2.35. The van der Waals surface area contributed by atoms with Crippen LogP contribution in [0.5, 0.6) is 0 Å². The van der Waals surface area contributed by atoms with Gasteiger partial charge in [0.1, 0.15) is 11.4 Å². The third kappa shape index (κ3) is 2.83. The minimum atomic E-state index is -0.929. The zero-order valence-corrected chi connectivity index (χ0v) is 12.0. The largest absolute Gasteiger partial charge is 0.478 e. The highest BCUT2D eigenvalue weighted by molar-refractivity contribution is 9.10. The molecule has 4 nitrogen and oxygen atoms in total. The molecule has 0 spiro atoms. The van der Waals surface area contributed by atoms with Gasteiger partial charge >= 0.3 is 5.97 Å². The highest BCUT2D eigenvalue weighted by Gasteiger charge is 2.23. The maximum atomic E-state index is 11.3. The number of rotatable bonds is 3. The van der Waals surface area contributed by atoms with Crippen LogP contribution in [0.4, 0.5) is 5.82 Å². The fraction of sp³-hybridized carbons (Fsp3) is 0.538. The fourth-order valence-corrected chi connectivity index (χ4v) is 2.84. The molecular weight excluding hydrogens is 296 g/mol. The number of nitrogens with zero attached hydrogens (tertiary/aromatic N) is 2. The van der Waals surface area contributed by atoms with Gasteiger partial charge in [-0.1, -0.05) is 19.3 Å². The number of carboxylic acid groups (broad SMARTS) is 1. The van der Waals surface area contributed by atoms with Gasteiger partial charge < -0.3 is 10.0 Å². The van der Waals surface area contributed by atoms with E-state index >= 15 is 0 Å². The Morgan fingerprint density at radius 1 is 1.44 bits per heavy atom. The average Bonchev–Trinajstić information content (AvgIpc) is 2.39. The van der Waals surface area contributed by atoms with Crippen molar-refractivity contribution >= 4 is 27.7 Å². The summed E-state index contributed by atoms with van der Waals surface area (Å²) in [6.07, 6.45) is 7.60. The summed E-state index contributed by atoms with van der Waals surface area (Å²) in [6.45, 7) is 0. The van der Waals surface area contributed by atoms with Crippen molar-refractivity contribution in [2.75, 3.05) is 11.9 Å². The molecule has 5 heteroatoms. The van der Waals surface area contributed by atoms with Crippen molar-refractivity contribution in [2.45, 2.75) is 38.1 Å². The van der Waals surface area contributed by atoms with E-state index in [2.05, 4.69) is 20.9 Å². The summed E-state index contributed by atoms with van der Waals surface area (Å²) >= 11 is 3.27. The molecule has 1 N–H and O–H groups in total. The second kappa shape index (κ2) is 5.69. The molecule has 0 saturated heterocycles. The van der Waals surface area contributed by atoms with E-state index in [1.807, 2.05) is 11.9 Å². The van der Waals surface area contributed by atoms with E-state index < -0.39 is 5.97 Å². The molecule has 0 aliphatic heterocycles. The van der Waals surface area contributed by atoms with Crippen molar-refractivity contribution < 1.29 is 9.90 Å². The quantitative estimate of drug-likeness (QED) is 0.930. The molecule has 1 aliphatic carbocycles. The molecule has 1 fully saturated rings. The van der Waals surface area contributed by atoms with E-state index in [9.17, 15) is 9.90 Å². The van der Waals surface area contributed by atoms with Gasteiger partial charge in [-0.3, -0.25) is 0 Å². The summed E-state index contributed by atoms with van der Waals surface area (Å²) in [5.74, 6) is -0.362. The number of hydrogen-bond acceptors (Lipinski definition) is 3. The molecule has 0 atom stereocenters. The first-order valence-electron chi connectivity index (χ1n) is 6.21. The fourth-order valence-electron chi connectivity index (χ4n) is 2.51. The van der Waals surface area contributed by atoms with Gasteiger partial charge in [0, 0.05) is 23.8 Å². The van der Waals surface area contributed by atoms with Crippen LogP contribution in [0, 0.1) is 0 Å². The molecule has 98 valence electrons. The van der Waals surface area contributed by atoms with Crippen molar-refractivity contribution in [1.29, 1.82) is 0 Å². The first kappa shape index (κ1) is 13.3. The number of pyridine rings is 1. The monoisotopic (exact) mass is 312 g/mol. The van der Waals surface area contributed by atoms with Crippen LogP contribution in [0.25, 0.3) is 0 Å². The number of halogens is 1. The predicted molar refractivity (Wildman–Crippen MR) is 74.2 cm³/mol. The molecule has 1 aliphatic rings. The number of carboxylic acids is 1. The molecule has 18 heavy (non-hydrogen) atoms. The number of aromatic carboxylic acids is 1. The van der Waals surface area contributed by atoms with E-state index in [-0.39, 0.29) is 5.56 Å². The van der Waals surface area contributed by atoms with Crippen molar-refractivity contribution in [3.05, 3.63) is 22.3 Å². The SMILES string of the molecule is CN(c1ncc(Br)cc1C(=O)O)C1CCCCC1. The molecule has 0 bridgehead atoms. The Hall–Kier alpha value is -1.10. The summed E-state index contributed by atoms with van der Waals surface area (Å²) in [5.41, 5.74) is 0.262. The maximum absolute atomic E-state index is 11.3. The minimum Gasteiger partial charge on any atom is -0.478 e. The number of hydrogen-bond donors (Lipinski definition) is 1. The van der Waals surface area contributed by atoms with Crippen LogP contribution < -0.4 is 4.90 Å². The Morgan fingerprint density at radius 2 is 2.11 bits per heavy atom. The van der Waals surface area contributed by atoms with Crippen LogP contribution in [-0.2, 0) is 0 Å². The first-order valence-corrected chi connectivity index (χ1v) is 7.00. The zero-order chi connectivity index (χ0) is 13.1. The standard InChI is InChI=1S/C13H17BrN2O2/c1-16(10-5-3-2-4-6-10)12-11(13(17)18)7-9(14)8-15-12/h7-8,10H,2-6H2,1H3,(H,17,18). The lowest BCUT2D eigenvalue weighted by atomic mass is 9.94. The highest BCUT2D eigenvalue weighted by atomic mass is 79.9. The molecular formula is C13H17BrN2O2. The van der Waals surface area contributed by atoms with E-state index in [4.69, 9.17) is 0 Å². The van der Waals surface area contributed by atoms with Gasteiger partial charge in [0.2, 0.25) is 0 Å². The van der Waals surface area contributed by atoms with Crippen molar-refractivity contribution in [1.82, 2.24) is 4.98 Å². The predicted octanol–water partition coefficient (Wildman–Crippen LogP) is 3.31. The molecule has 1 aromatic rings. The summed E-state index contributed by atoms with van der Waals surface area (Å²) in [7, 11) is 1.94. The first-order chi connectivity index (χ1) is 8.59. The van der Waals surface area contributed by atoms with Crippen molar-refractivity contribution in [3.63, 3.8) is 0 Å². The summed E-state index contributed by atoms with van der Waals surface area (Å²) in [5, 5.41) is 9.25. The van der Waals surface area contributed by atoms with Gasteiger partial charge in [-0.15, -0.1) is 0 Å². The molecule has 0 radical (unpaired) electrons. The van der Waals surface area contributed by atoms with Crippen LogP contribution in [0.15, 0.2) is 16.7 Å². The van der Waals surface area contributed by atoms with Crippen LogP contribution in [0.1, 0.15) is 42.5 Å². The molecule has 0 unspecified atom stereocenters. The summed E-state index contributed by atoms with van der Waals surface area (Å²) in [4.78, 5) is 17.6. The smallest absolute Gasteiger partial charge is 0.339 e. The molecule has 2 rings (SSSR count). The second-order valence-corrected chi connectivity index (χ2v) is 5.65. The lowest BCUT2D eigenvalue weighted by Gasteiger charge is -2.32. The van der Waals surface area contributed by atoms with Crippen LogP contribution in [0.3, 0.4) is 0 Å². The molecule has 1 saturated carbocycles. The molecule has 1 aromatic heterocycles. The van der Waals surface area contributed by atoms with E-state index in [0.717, 1.165) is 12.8 Å². The summed E-state index contributed by atoms with van der Waals surface area (Å²) < 4.78 is 0.695. The third-order valence-corrected chi connectivity index (χ3v) is 3.95. The Morgan fingerprint density at radius 3 is 2.72 bits per heavy atom. The topological polar surface area (TPSA) is 53.4 Å². The van der Waals surface area contributed by atoms with E-state index in [1.54, 1.807) is 12.3 Å². The van der Waals surface area contributed by atoms with Gasteiger partial charge in [-0.25, -0.2) is 9.78 Å². The normalized spacial score (nSPS) is 16.6. The van der Waals surface area contributed by atoms with Crippen molar-refractivity contribution in [3.8, 4) is 0 Å². The van der Waals surface area contributed by atoms with Gasteiger partial charge in [-0.2, -0.15) is 0 Å². The maximum Gasteiger partial charge on any atom is 0.339 e. The van der Waals surface area contributed by atoms with Gasteiger partial charge in [-0.05, 0) is 34.8 Å². The Balaban J connectivity index is 2.28. The van der Waals surface area contributed by atoms with Gasteiger partial charge in [0.05, 0.1) is 0 Å². The zero-order valence-electron chi connectivity index (χ0n) is 10.4. The third-order valence-electron chi connectivity index (χ3n) is 3.52. The Bertz CT molecular complexity index is 445. The number of anilines is 1. The average molecular weight is 313 g/mol. The molecule has 1 heterocycles. The van der Waals surface area contributed by atoms with E-state index in [0.29, 0.717) is 16.3 Å². The molecule has 0 aromatic carbocycles. The van der Waals surface area contributed by atoms with Crippen LogP contribution >= 0.6 is 15.9 Å². The Labute approximate surface area is 115 Å².